The summed E-state index contributed by atoms with van der Waals surface area (Å²) in [7, 11) is -3.83. The fraction of sp³-hybridized carbons (Fsp3) is 0.429. The Morgan fingerprint density at radius 1 is 1.21 bits per heavy atom. The summed E-state index contributed by atoms with van der Waals surface area (Å²) in [4.78, 5) is 24.6. The maximum atomic E-state index is 12.8. The van der Waals surface area contributed by atoms with Crippen molar-refractivity contribution in [2.75, 3.05) is 19.6 Å². The van der Waals surface area contributed by atoms with E-state index in [1.165, 1.54) is 16.4 Å². The van der Waals surface area contributed by atoms with E-state index < -0.39 is 22.1 Å². The first-order valence-corrected chi connectivity index (χ1v) is 9.47. The summed E-state index contributed by atoms with van der Waals surface area (Å²) in [6, 6.07) is 1.88. The number of rotatable bonds is 3. The highest BCUT2D eigenvalue weighted by Gasteiger charge is 2.42. The Bertz CT molecular complexity index is 812. The van der Waals surface area contributed by atoms with Crippen LogP contribution in [0.2, 0.25) is 10.0 Å². The third kappa shape index (κ3) is 2.88. The quantitative estimate of drug-likeness (QED) is 0.792. The monoisotopic (exact) mass is 391 g/mol. The molecule has 2 aliphatic rings. The molecule has 10 heteroatoms. The van der Waals surface area contributed by atoms with Crippen molar-refractivity contribution in [2.45, 2.75) is 24.3 Å². The van der Waals surface area contributed by atoms with E-state index in [1.807, 2.05) is 0 Å². The van der Waals surface area contributed by atoms with Gasteiger partial charge < -0.3 is 5.32 Å². The smallest absolute Gasteiger partial charge is 0.324 e. The molecule has 2 fully saturated rings. The lowest BCUT2D eigenvalue weighted by Gasteiger charge is -2.22. The molecule has 2 aliphatic heterocycles. The Morgan fingerprint density at radius 2 is 1.92 bits per heavy atom. The van der Waals surface area contributed by atoms with Gasteiger partial charge in [0.25, 0.3) is 0 Å². The first-order chi connectivity index (χ1) is 11.2. The number of hydrogen-bond donors (Lipinski definition) is 1. The fourth-order valence-corrected chi connectivity index (χ4v) is 5.21. The maximum Gasteiger partial charge on any atom is 0.324 e. The summed E-state index contributed by atoms with van der Waals surface area (Å²) in [6.07, 6.45) is 0.391. The van der Waals surface area contributed by atoms with Crippen LogP contribution in [0.5, 0.6) is 0 Å². The minimum Gasteiger partial charge on any atom is -0.329 e. The summed E-state index contributed by atoms with van der Waals surface area (Å²) >= 11 is 12.0. The number of urea groups is 1. The van der Waals surface area contributed by atoms with Gasteiger partial charge in [0.2, 0.25) is 15.9 Å². The van der Waals surface area contributed by atoms with Gasteiger partial charge in [0.15, 0.2) is 0 Å². The third-order valence-electron chi connectivity index (χ3n) is 4.20. The number of sulfonamides is 1. The molecule has 0 aliphatic carbocycles. The molecule has 0 bridgehead atoms. The number of aryl methyl sites for hydroxylation is 1. The molecule has 3 amide bonds. The van der Waals surface area contributed by atoms with Crippen molar-refractivity contribution in [1.29, 1.82) is 0 Å². The van der Waals surface area contributed by atoms with E-state index in [0.29, 0.717) is 17.0 Å². The van der Waals surface area contributed by atoms with E-state index in [-0.39, 0.29) is 35.5 Å². The predicted molar refractivity (Wildman–Crippen MR) is 88.6 cm³/mol. The molecular weight excluding hydrogens is 377 g/mol. The lowest BCUT2D eigenvalue weighted by atomic mass is 10.2. The Morgan fingerprint density at radius 3 is 2.54 bits per heavy atom. The van der Waals surface area contributed by atoms with Crippen LogP contribution in [-0.2, 0) is 14.8 Å². The zero-order valence-electron chi connectivity index (χ0n) is 12.8. The highest BCUT2D eigenvalue weighted by Crippen LogP contribution is 2.32. The minimum atomic E-state index is -3.83. The number of imide groups is 1. The minimum absolute atomic E-state index is 0.0242. The van der Waals surface area contributed by atoms with Gasteiger partial charge in [-0.1, -0.05) is 23.2 Å². The summed E-state index contributed by atoms with van der Waals surface area (Å²) < 4.78 is 26.9. The van der Waals surface area contributed by atoms with Crippen molar-refractivity contribution in [3.63, 3.8) is 0 Å². The van der Waals surface area contributed by atoms with Crippen LogP contribution < -0.4 is 5.32 Å². The molecule has 0 saturated carbocycles. The molecule has 1 atom stereocenters. The summed E-state index contributed by atoms with van der Waals surface area (Å²) in [6.45, 7) is 1.91. The highest BCUT2D eigenvalue weighted by atomic mass is 35.5. The van der Waals surface area contributed by atoms with Crippen LogP contribution in [-0.4, -0.2) is 55.2 Å². The Balaban J connectivity index is 1.86. The molecule has 130 valence electrons. The number of carbonyl (C=O) groups is 2. The molecule has 1 aromatic rings. The van der Waals surface area contributed by atoms with Gasteiger partial charge in [-0.3, -0.25) is 9.69 Å². The largest absolute Gasteiger partial charge is 0.329 e. The van der Waals surface area contributed by atoms with Crippen molar-refractivity contribution in [3.05, 3.63) is 27.7 Å². The van der Waals surface area contributed by atoms with Gasteiger partial charge in [-0.2, -0.15) is 4.31 Å². The molecule has 0 radical (unpaired) electrons. The van der Waals surface area contributed by atoms with Crippen LogP contribution >= 0.6 is 23.2 Å². The van der Waals surface area contributed by atoms with E-state index in [0.717, 1.165) is 4.90 Å². The van der Waals surface area contributed by atoms with Crippen molar-refractivity contribution < 1.29 is 18.0 Å². The molecular formula is C14H15Cl2N3O4S. The summed E-state index contributed by atoms with van der Waals surface area (Å²) in [5.41, 5.74) is 0.601. The Hall–Kier alpha value is -1.35. The number of benzene rings is 1. The lowest BCUT2D eigenvalue weighted by molar-refractivity contribution is -0.126. The van der Waals surface area contributed by atoms with Crippen LogP contribution in [0.1, 0.15) is 12.0 Å². The Kier molecular flexibility index (Phi) is 4.50. The summed E-state index contributed by atoms with van der Waals surface area (Å²) in [5.74, 6) is -0.343. The van der Waals surface area contributed by atoms with Crippen LogP contribution in [0.25, 0.3) is 0 Å². The normalized spacial score (nSPS) is 22.3. The number of halogens is 2. The van der Waals surface area contributed by atoms with Crippen LogP contribution in [0, 0.1) is 6.92 Å². The first-order valence-electron chi connectivity index (χ1n) is 7.27. The second-order valence-electron chi connectivity index (χ2n) is 5.76. The zero-order valence-corrected chi connectivity index (χ0v) is 15.1. The lowest BCUT2D eigenvalue weighted by Crippen LogP contribution is -2.42. The molecule has 0 aromatic heterocycles. The molecule has 2 saturated heterocycles. The predicted octanol–water partition coefficient (Wildman–Crippen LogP) is 1.62. The van der Waals surface area contributed by atoms with Gasteiger partial charge in [0, 0.05) is 18.1 Å². The van der Waals surface area contributed by atoms with Crippen LogP contribution in [0.4, 0.5) is 4.79 Å². The van der Waals surface area contributed by atoms with E-state index >= 15 is 0 Å². The maximum absolute atomic E-state index is 12.8. The Labute approximate surface area is 149 Å². The van der Waals surface area contributed by atoms with Crippen molar-refractivity contribution >= 4 is 45.2 Å². The van der Waals surface area contributed by atoms with Crippen molar-refractivity contribution in [2.24, 2.45) is 0 Å². The molecule has 3 rings (SSSR count). The number of amides is 3. The van der Waals surface area contributed by atoms with E-state index in [2.05, 4.69) is 5.32 Å². The average Bonchev–Trinajstić information content (AvgIpc) is 3.10. The molecule has 1 unspecified atom stereocenters. The SMILES string of the molecule is Cc1cc(S(=O)(=O)N2CCC(N3C(=O)CNC3=O)C2)c(Cl)cc1Cl. The number of hydrogen-bond acceptors (Lipinski definition) is 4. The highest BCUT2D eigenvalue weighted by molar-refractivity contribution is 7.89. The number of nitrogens with one attached hydrogen (secondary N) is 1. The molecule has 1 N–H and O–H groups in total. The third-order valence-corrected chi connectivity index (χ3v) is 6.94. The van der Waals surface area contributed by atoms with Gasteiger partial charge in [-0.25, -0.2) is 13.2 Å². The van der Waals surface area contributed by atoms with Gasteiger partial charge >= 0.3 is 6.03 Å². The van der Waals surface area contributed by atoms with E-state index in [1.54, 1.807) is 6.92 Å². The van der Waals surface area contributed by atoms with Crippen LogP contribution in [0.3, 0.4) is 0 Å². The summed E-state index contributed by atoms with van der Waals surface area (Å²) in [5, 5.41) is 2.87. The molecule has 1 aromatic carbocycles. The average molecular weight is 392 g/mol. The van der Waals surface area contributed by atoms with E-state index in [9.17, 15) is 18.0 Å². The second-order valence-corrected chi connectivity index (χ2v) is 8.48. The van der Waals surface area contributed by atoms with Gasteiger partial charge in [0.1, 0.15) is 4.90 Å². The van der Waals surface area contributed by atoms with Crippen molar-refractivity contribution in [1.82, 2.24) is 14.5 Å². The second kappa shape index (κ2) is 6.18. The fourth-order valence-electron chi connectivity index (χ4n) is 2.91. The molecule has 2 heterocycles. The zero-order chi connectivity index (χ0) is 17.6. The topological polar surface area (TPSA) is 86.8 Å². The van der Waals surface area contributed by atoms with Gasteiger partial charge in [0.05, 0.1) is 17.6 Å². The standard InChI is InChI=1S/C14H15Cl2N3O4S/c1-8-4-12(11(16)5-10(8)15)24(22,23)18-3-2-9(7-18)19-13(20)6-17-14(19)21/h4-5,9H,2-3,6-7H2,1H3,(H,17,21). The molecule has 7 nitrogen and oxygen atoms in total. The van der Waals surface area contributed by atoms with Crippen molar-refractivity contribution in [3.8, 4) is 0 Å². The number of carbonyl (C=O) groups excluding carboxylic acids is 2. The number of nitrogens with zero attached hydrogens (tertiary/aromatic N) is 2. The van der Waals surface area contributed by atoms with Crippen LogP contribution in [0.15, 0.2) is 17.0 Å². The van der Waals surface area contributed by atoms with Gasteiger partial charge in [-0.15, -0.1) is 0 Å². The van der Waals surface area contributed by atoms with E-state index in [4.69, 9.17) is 23.2 Å². The molecule has 0 spiro atoms. The van der Waals surface area contributed by atoms with Gasteiger partial charge in [-0.05, 0) is 31.0 Å². The first kappa shape index (κ1) is 17.5. The molecule has 24 heavy (non-hydrogen) atoms.